The molecule has 5 heteroatoms. The Bertz CT molecular complexity index is 578. The van der Waals surface area contributed by atoms with Crippen LogP contribution in [0.15, 0.2) is 12.2 Å². The summed E-state index contributed by atoms with van der Waals surface area (Å²) in [5, 5.41) is 11.2. The Morgan fingerprint density at radius 1 is 1.21 bits per heavy atom. The number of fused-ring (bicyclic) bond motifs is 1. The quantitative estimate of drug-likeness (QED) is 0.161. The fraction of sp³-hybridized carbons (Fsp3) is 0.917. The van der Waals surface area contributed by atoms with Crippen molar-refractivity contribution in [1.29, 1.82) is 0 Å². The molecule has 0 heterocycles. The first-order valence-electron chi connectivity index (χ1n) is 12.0. The molecular weight excluding hydrogens is 378 g/mol. The van der Waals surface area contributed by atoms with Crippen molar-refractivity contribution < 1.29 is 9.35 Å². The van der Waals surface area contributed by atoms with Crippen LogP contribution >= 0.6 is 0 Å². The first kappa shape index (κ1) is 24.6. The predicted molar refractivity (Wildman–Crippen MR) is 124 cm³/mol. The fourth-order valence-corrected chi connectivity index (χ4v) is 9.19. The highest BCUT2D eigenvalue weighted by atomic mass is 28.4. The van der Waals surface area contributed by atoms with Crippen molar-refractivity contribution in [3.05, 3.63) is 22.3 Å². The van der Waals surface area contributed by atoms with E-state index in [1.54, 1.807) is 13.8 Å². The van der Waals surface area contributed by atoms with Crippen molar-refractivity contribution in [3.8, 4) is 0 Å². The molecule has 2 saturated carbocycles. The molecular formula is C24H45NO3Si. The molecule has 2 fully saturated rings. The molecule has 0 N–H and O–H groups in total. The molecule has 0 unspecified atom stereocenters. The molecule has 5 atom stereocenters. The Balaban J connectivity index is 2.10. The van der Waals surface area contributed by atoms with Gasteiger partial charge in [-0.15, -0.1) is 0 Å². The maximum Gasteiger partial charge on any atom is 0.220 e. The molecule has 0 aromatic carbocycles. The lowest BCUT2D eigenvalue weighted by Gasteiger charge is -2.48. The van der Waals surface area contributed by atoms with Crippen LogP contribution in [0, 0.1) is 33.3 Å². The van der Waals surface area contributed by atoms with Gasteiger partial charge in [0.05, 0.1) is 0 Å². The van der Waals surface area contributed by atoms with E-state index in [1.165, 1.54) is 50.2 Å². The van der Waals surface area contributed by atoms with Gasteiger partial charge in [-0.05, 0) is 67.0 Å². The summed E-state index contributed by atoms with van der Waals surface area (Å²) in [6, 6.07) is 3.69. The van der Waals surface area contributed by atoms with Gasteiger partial charge >= 0.3 is 0 Å². The van der Waals surface area contributed by atoms with Gasteiger partial charge in [-0.1, -0.05) is 53.2 Å². The SMILES string of the molecule is CC[Si](CC)(CC)O[C@H]1CCC[C@]2(C)[C@@H]([C@H](C)/C=C/CC(C)(C)[N+](=O)[O-])CC[C@@H]12. The minimum atomic E-state index is -1.58. The Morgan fingerprint density at radius 2 is 1.83 bits per heavy atom. The summed E-state index contributed by atoms with van der Waals surface area (Å²) in [4.78, 5) is 11.0. The highest BCUT2D eigenvalue weighted by Crippen LogP contribution is 2.59. The third-order valence-corrected chi connectivity index (χ3v) is 13.3. The fourth-order valence-electron chi connectivity index (χ4n) is 6.27. The van der Waals surface area contributed by atoms with Crippen molar-refractivity contribution in [3.63, 3.8) is 0 Å². The van der Waals surface area contributed by atoms with Gasteiger partial charge in [-0.3, -0.25) is 10.1 Å². The van der Waals surface area contributed by atoms with E-state index in [9.17, 15) is 10.1 Å². The molecule has 0 spiro atoms. The number of nitrogens with zero attached hydrogens (tertiary/aromatic N) is 1. The van der Waals surface area contributed by atoms with E-state index in [0.29, 0.717) is 35.7 Å². The zero-order chi connectivity index (χ0) is 21.9. The zero-order valence-electron chi connectivity index (χ0n) is 20.0. The van der Waals surface area contributed by atoms with Crippen LogP contribution in [0.4, 0.5) is 0 Å². The topological polar surface area (TPSA) is 52.4 Å². The van der Waals surface area contributed by atoms with Gasteiger partial charge in [0, 0.05) is 31.3 Å². The van der Waals surface area contributed by atoms with Crippen LogP contribution in [-0.2, 0) is 4.43 Å². The number of rotatable bonds is 10. The predicted octanol–water partition coefficient (Wildman–Crippen LogP) is 7.23. The molecule has 2 rings (SSSR count). The number of hydrogen-bond acceptors (Lipinski definition) is 3. The molecule has 0 aliphatic heterocycles. The summed E-state index contributed by atoms with van der Waals surface area (Å²) in [5.74, 6) is 1.82. The van der Waals surface area contributed by atoms with E-state index in [4.69, 9.17) is 4.43 Å². The smallest absolute Gasteiger partial charge is 0.220 e. The lowest BCUT2D eigenvalue weighted by molar-refractivity contribution is -0.559. The monoisotopic (exact) mass is 423 g/mol. The molecule has 0 radical (unpaired) electrons. The standard InChI is InChI=1S/C24H45NO3Si/c1-8-29(9-2,10-3)28-22-14-12-18-24(7)20(15-16-21(22)24)19(4)13-11-17-23(5,6)25(26)27/h11,13,19-22H,8-10,12,14-18H2,1-7H3/b13-11+/t19-,20-,21+,22+,24-/m1/s1. The number of allylic oxidation sites excluding steroid dienone is 1. The second kappa shape index (κ2) is 9.63. The van der Waals surface area contributed by atoms with Gasteiger partial charge in [0.2, 0.25) is 5.54 Å². The minimum absolute atomic E-state index is 0.163. The summed E-state index contributed by atoms with van der Waals surface area (Å²) in [5.41, 5.74) is -0.531. The number of nitro groups is 1. The Kier molecular flexibility index (Phi) is 8.17. The van der Waals surface area contributed by atoms with Crippen LogP contribution in [0.25, 0.3) is 0 Å². The molecule has 0 aromatic heterocycles. The molecule has 0 aromatic rings. The Labute approximate surface area is 180 Å². The van der Waals surface area contributed by atoms with E-state index < -0.39 is 13.9 Å². The lowest BCUT2D eigenvalue weighted by Crippen LogP contribution is -2.48. The van der Waals surface area contributed by atoms with Crippen LogP contribution < -0.4 is 0 Å². The lowest BCUT2D eigenvalue weighted by atomic mass is 9.62. The van der Waals surface area contributed by atoms with Crippen LogP contribution in [0.5, 0.6) is 0 Å². The van der Waals surface area contributed by atoms with Crippen molar-refractivity contribution in [1.82, 2.24) is 0 Å². The summed E-state index contributed by atoms with van der Waals surface area (Å²) >= 11 is 0. The van der Waals surface area contributed by atoms with Gasteiger partial charge in [-0.25, -0.2) is 0 Å². The van der Waals surface area contributed by atoms with E-state index in [2.05, 4.69) is 46.8 Å². The second-order valence-electron chi connectivity index (χ2n) is 10.6. The average Bonchev–Trinajstić information content (AvgIpc) is 3.03. The summed E-state index contributed by atoms with van der Waals surface area (Å²) < 4.78 is 7.03. The van der Waals surface area contributed by atoms with Crippen molar-refractivity contribution in [2.45, 2.75) is 117 Å². The highest BCUT2D eigenvalue weighted by Gasteiger charge is 2.53. The van der Waals surface area contributed by atoms with E-state index in [1.807, 2.05) is 0 Å². The van der Waals surface area contributed by atoms with E-state index in [0.717, 1.165) is 0 Å². The van der Waals surface area contributed by atoms with E-state index in [-0.39, 0.29) is 4.92 Å². The van der Waals surface area contributed by atoms with Crippen LogP contribution in [-0.4, -0.2) is 24.9 Å². The molecule has 29 heavy (non-hydrogen) atoms. The molecule has 2 aliphatic carbocycles. The third kappa shape index (κ3) is 5.15. The highest BCUT2D eigenvalue weighted by molar-refractivity contribution is 6.73. The van der Waals surface area contributed by atoms with Crippen LogP contribution in [0.3, 0.4) is 0 Å². The van der Waals surface area contributed by atoms with Gasteiger partial charge in [0.1, 0.15) is 0 Å². The summed E-state index contributed by atoms with van der Waals surface area (Å²) in [6.07, 6.45) is 11.6. The largest absolute Gasteiger partial charge is 0.414 e. The Morgan fingerprint density at radius 3 is 2.38 bits per heavy atom. The van der Waals surface area contributed by atoms with Crippen LogP contribution in [0.1, 0.15) is 87.0 Å². The zero-order valence-corrected chi connectivity index (χ0v) is 21.0. The third-order valence-electron chi connectivity index (χ3n) is 8.66. The molecule has 2 aliphatic rings. The van der Waals surface area contributed by atoms with Gasteiger partial charge in [0.25, 0.3) is 0 Å². The molecule has 0 amide bonds. The second-order valence-corrected chi connectivity index (χ2v) is 15.4. The first-order chi connectivity index (χ1) is 13.5. The summed E-state index contributed by atoms with van der Waals surface area (Å²) in [7, 11) is -1.58. The normalized spacial score (nSPS) is 31.8. The van der Waals surface area contributed by atoms with E-state index >= 15 is 0 Å². The van der Waals surface area contributed by atoms with Crippen molar-refractivity contribution in [2.24, 2.45) is 23.2 Å². The van der Waals surface area contributed by atoms with Gasteiger partial charge < -0.3 is 4.43 Å². The molecule has 0 bridgehead atoms. The van der Waals surface area contributed by atoms with Crippen LogP contribution in [0.2, 0.25) is 18.1 Å². The number of hydrogen-bond donors (Lipinski definition) is 0. The first-order valence-corrected chi connectivity index (χ1v) is 14.6. The molecule has 0 saturated heterocycles. The molecule has 168 valence electrons. The minimum Gasteiger partial charge on any atom is -0.414 e. The maximum absolute atomic E-state index is 11.2. The van der Waals surface area contributed by atoms with Gasteiger partial charge in [0.15, 0.2) is 8.32 Å². The van der Waals surface area contributed by atoms with Gasteiger partial charge in [-0.2, -0.15) is 0 Å². The maximum atomic E-state index is 11.2. The Hall–Kier alpha value is -0.683. The average molecular weight is 424 g/mol. The van der Waals surface area contributed by atoms with Crippen molar-refractivity contribution in [2.75, 3.05) is 0 Å². The molecule has 4 nitrogen and oxygen atoms in total. The summed E-state index contributed by atoms with van der Waals surface area (Å²) in [6.45, 7) is 15.3. The van der Waals surface area contributed by atoms with Crippen molar-refractivity contribution >= 4 is 8.32 Å².